The van der Waals surface area contributed by atoms with Gasteiger partial charge in [0.2, 0.25) is 0 Å². The van der Waals surface area contributed by atoms with Crippen molar-refractivity contribution in [3.63, 3.8) is 0 Å². The zero-order chi connectivity index (χ0) is 12.3. The third kappa shape index (κ3) is 2.88. The summed E-state index contributed by atoms with van der Waals surface area (Å²) in [4.78, 5) is 9.06. The molecule has 0 aromatic carbocycles. The minimum atomic E-state index is 0.561. The van der Waals surface area contributed by atoms with E-state index in [1.807, 2.05) is 12.3 Å². The lowest BCUT2D eigenvalue weighted by Crippen LogP contribution is -2.39. The van der Waals surface area contributed by atoms with E-state index in [0.29, 0.717) is 6.04 Å². The maximum atomic E-state index is 5.82. The van der Waals surface area contributed by atoms with Crippen molar-refractivity contribution in [1.82, 2.24) is 9.88 Å². The lowest BCUT2D eigenvalue weighted by atomic mass is 10.1. The highest BCUT2D eigenvalue weighted by atomic mass is 15.2. The van der Waals surface area contributed by atoms with Crippen LogP contribution in [0.3, 0.4) is 0 Å². The number of likely N-dealkylation sites (N-methyl/N-ethyl adjacent to an activating group) is 1. The van der Waals surface area contributed by atoms with Crippen molar-refractivity contribution >= 4 is 11.4 Å². The first-order valence-corrected chi connectivity index (χ1v) is 6.36. The molecule has 0 bridgehead atoms. The van der Waals surface area contributed by atoms with Crippen LogP contribution in [-0.2, 0) is 0 Å². The SMILES string of the molecule is CCC1CN(C)CCCN1c1cncc(N)c1. The van der Waals surface area contributed by atoms with Crippen LogP contribution < -0.4 is 10.6 Å². The Morgan fingerprint density at radius 2 is 2.24 bits per heavy atom. The van der Waals surface area contributed by atoms with Crippen molar-refractivity contribution in [2.45, 2.75) is 25.8 Å². The number of nitrogen functional groups attached to an aromatic ring is 1. The molecule has 1 aliphatic rings. The fraction of sp³-hybridized carbons (Fsp3) is 0.615. The number of nitrogens with two attached hydrogens (primary N) is 1. The van der Waals surface area contributed by atoms with Gasteiger partial charge in [-0.2, -0.15) is 0 Å². The van der Waals surface area contributed by atoms with Gasteiger partial charge in [0.15, 0.2) is 0 Å². The second-order valence-electron chi connectivity index (χ2n) is 4.85. The van der Waals surface area contributed by atoms with Crippen LogP contribution in [0.5, 0.6) is 0 Å². The smallest absolute Gasteiger partial charge is 0.0576 e. The monoisotopic (exact) mass is 234 g/mol. The quantitative estimate of drug-likeness (QED) is 0.844. The molecule has 2 rings (SSSR count). The number of hydrogen-bond acceptors (Lipinski definition) is 4. The van der Waals surface area contributed by atoms with E-state index in [1.54, 1.807) is 6.20 Å². The highest BCUT2D eigenvalue weighted by Gasteiger charge is 2.22. The first kappa shape index (κ1) is 12.2. The van der Waals surface area contributed by atoms with E-state index in [0.717, 1.165) is 30.9 Å². The molecule has 1 saturated heterocycles. The molecule has 0 saturated carbocycles. The molecule has 0 amide bonds. The van der Waals surface area contributed by atoms with Crippen LogP contribution in [0.15, 0.2) is 18.5 Å². The summed E-state index contributed by atoms with van der Waals surface area (Å²) < 4.78 is 0. The molecular weight excluding hydrogens is 212 g/mol. The van der Waals surface area contributed by atoms with Gasteiger partial charge in [0, 0.05) is 25.3 Å². The van der Waals surface area contributed by atoms with Gasteiger partial charge in [-0.05, 0) is 32.5 Å². The molecule has 0 spiro atoms. The topological polar surface area (TPSA) is 45.4 Å². The summed E-state index contributed by atoms with van der Waals surface area (Å²) in [5, 5.41) is 0. The Morgan fingerprint density at radius 1 is 1.41 bits per heavy atom. The third-order valence-corrected chi connectivity index (χ3v) is 3.45. The van der Waals surface area contributed by atoms with E-state index in [-0.39, 0.29) is 0 Å². The summed E-state index contributed by atoms with van der Waals surface area (Å²) in [6.07, 6.45) is 5.97. The van der Waals surface area contributed by atoms with Gasteiger partial charge in [0.25, 0.3) is 0 Å². The molecule has 1 aromatic heterocycles. The van der Waals surface area contributed by atoms with E-state index < -0.39 is 0 Å². The molecule has 17 heavy (non-hydrogen) atoms. The molecule has 94 valence electrons. The number of nitrogens with zero attached hydrogens (tertiary/aromatic N) is 3. The summed E-state index contributed by atoms with van der Waals surface area (Å²) in [6.45, 7) is 5.62. The molecule has 4 nitrogen and oxygen atoms in total. The van der Waals surface area contributed by atoms with Crippen LogP contribution in [-0.4, -0.2) is 42.6 Å². The van der Waals surface area contributed by atoms with Crippen LogP contribution >= 0.6 is 0 Å². The maximum absolute atomic E-state index is 5.82. The second-order valence-corrected chi connectivity index (χ2v) is 4.85. The Morgan fingerprint density at radius 3 is 2.94 bits per heavy atom. The molecule has 1 atom stereocenters. The molecular formula is C13H22N4. The fourth-order valence-corrected chi connectivity index (χ4v) is 2.53. The average Bonchev–Trinajstić information content (AvgIpc) is 2.50. The van der Waals surface area contributed by atoms with Crippen LogP contribution in [0.4, 0.5) is 11.4 Å². The van der Waals surface area contributed by atoms with Gasteiger partial charge in [-0.15, -0.1) is 0 Å². The number of hydrogen-bond donors (Lipinski definition) is 1. The number of pyridine rings is 1. The molecule has 1 fully saturated rings. The van der Waals surface area contributed by atoms with Gasteiger partial charge >= 0.3 is 0 Å². The van der Waals surface area contributed by atoms with Gasteiger partial charge in [-0.1, -0.05) is 6.92 Å². The van der Waals surface area contributed by atoms with Gasteiger partial charge in [-0.3, -0.25) is 4.98 Å². The van der Waals surface area contributed by atoms with Crippen LogP contribution in [0, 0.1) is 0 Å². The predicted octanol–water partition coefficient (Wildman–Crippen LogP) is 1.58. The van der Waals surface area contributed by atoms with E-state index in [9.17, 15) is 0 Å². The van der Waals surface area contributed by atoms with Crippen molar-refractivity contribution in [3.8, 4) is 0 Å². The predicted molar refractivity (Wildman–Crippen MR) is 72.2 cm³/mol. The van der Waals surface area contributed by atoms with E-state index in [4.69, 9.17) is 5.73 Å². The van der Waals surface area contributed by atoms with Crippen molar-refractivity contribution < 1.29 is 0 Å². The van der Waals surface area contributed by atoms with Crippen LogP contribution in [0.25, 0.3) is 0 Å². The summed E-state index contributed by atoms with van der Waals surface area (Å²) >= 11 is 0. The van der Waals surface area contributed by atoms with Crippen LogP contribution in [0.2, 0.25) is 0 Å². The first-order chi connectivity index (χ1) is 8.20. The first-order valence-electron chi connectivity index (χ1n) is 6.36. The zero-order valence-electron chi connectivity index (χ0n) is 10.8. The van der Waals surface area contributed by atoms with E-state index >= 15 is 0 Å². The highest BCUT2D eigenvalue weighted by molar-refractivity contribution is 5.54. The molecule has 0 radical (unpaired) electrons. The number of anilines is 2. The van der Waals surface area contributed by atoms with E-state index in [2.05, 4.69) is 28.8 Å². The van der Waals surface area contributed by atoms with Crippen molar-refractivity contribution in [2.75, 3.05) is 37.3 Å². The van der Waals surface area contributed by atoms with Crippen molar-refractivity contribution in [2.24, 2.45) is 0 Å². The largest absolute Gasteiger partial charge is 0.397 e. The lowest BCUT2D eigenvalue weighted by Gasteiger charge is -2.32. The summed E-state index contributed by atoms with van der Waals surface area (Å²) in [5.41, 5.74) is 7.72. The third-order valence-electron chi connectivity index (χ3n) is 3.45. The molecule has 1 aromatic rings. The Bertz CT molecular complexity index is 366. The molecule has 4 heteroatoms. The molecule has 2 heterocycles. The summed E-state index contributed by atoms with van der Waals surface area (Å²) in [7, 11) is 2.20. The maximum Gasteiger partial charge on any atom is 0.0576 e. The minimum Gasteiger partial charge on any atom is -0.397 e. The normalized spacial score (nSPS) is 22.5. The average molecular weight is 234 g/mol. The Balaban J connectivity index is 2.22. The van der Waals surface area contributed by atoms with Gasteiger partial charge in [0.05, 0.1) is 17.6 Å². The Hall–Kier alpha value is -1.29. The summed E-state index contributed by atoms with van der Waals surface area (Å²) in [5.74, 6) is 0. The molecule has 0 aliphatic carbocycles. The standard InChI is InChI=1S/C13H22N4/c1-3-12-10-16(2)5-4-6-17(12)13-7-11(14)8-15-9-13/h7-9,12H,3-6,10,14H2,1-2H3. The van der Waals surface area contributed by atoms with Gasteiger partial charge in [0.1, 0.15) is 0 Å². The lowest BCUT2D eigenvalue weighted by molar-refractivity contribution is 0.328. The number of aromatic nitrogens is 1. The molecule has 1 unspecified atom stereocenters. The molecule has 1 aliphatic heterocycles. The zero-order valence-corrected chi connectivity index (χ0v) is 10.8. The van der Waals surface area contributed by atoms with Crippen molar-refractivity contribution in [3.05, 3.63) is 18.5 Å². The van der Waals surface area contributed by atoms with Crippen LogP contribution in [0.1, 0.15) is 19.8 Å². The van der Waals surface area contributed by atoms with E-state index in [1.165, 1.54) is 13.0 Å². The highest BCUT2D eigenvalue weighted by Crippen LogP contribution is 2.22. The molecule has 2 N–H and O–H groups in total. The number of rotatable bonds is 2. The Labute approximate surface area is 103 Å². The van der Waals surface area contributed by atoms with Gasteiger partial charge < -0.3 is 15.5 Å². The van der Waals surface area contributed by atoms with Crippen molar-refractivity contribution in [1.29, 1.82) is 0 Å². The van der Waals surface area contributed by atoms with Gasteiger partial charge in [-0.25, -0.2) is 0 Å². The fourth-order valence-electron chi connectivity index (χ4n) is 2.53. The summed E-state index contributed by atoms with van der Waals surface area (Å²) in [6, 6.07) is 2.59. The minimum absolute atomic E-state index is 0.561. The second kappa shape index (κ2) is 5.36. The Kier molecular flexibility index (Phi) is 3.84.